The van der Waals surface area contributed by atoms with Gasteiger partial charge in [-0.15, -0.1) is 0 Å². The normalized spacial score (nSPS) is 26.5. The molecule has 2 rings (SSSR count). The van der Waals surface area contributed by atoms with E-state index in [9.17, 15) is 10.1 Å². The van der Waals surface area contributed by atoms with Crippen LogP contribution in [0.25, 0.3) is 0 Å². The van der Waals surface area contributed by atoms with Crippen molar-refractivity contribution in [2.45, 2.75) is 19.8 Å². The van der Waals surface area contributed by atoms with Crippen LogP contribution in [-0.4, -0.2) is 23.9 Å². The van der Waals surface area contributed by atoms with E-state index in [1.807, 2.05) is 18.2 Å². The maximum absolute atomic E-state index is 12.3. The van der Waals surface area contributed by atoms with Crippen molar-refractivity contribution in [1.29, 1.82) is 5.26 Å². The second-order valence-electron chi connectivity index (χ2n) is 4.44. The molecule has 0 bridgehead atoms. The Bertz CT molecular complexity index is 453. The van der Waals surface area contributed by atoms with Crippen LogP contribution in [0.2, 0.25) is 0 Å². The molecule has 17 heavy (non-hydrogen) atoms. The Morgan fingerprint density at radius 2 is 2.29 bits per heavy atom. The molecular formula is C14H16N2O. The SMILES string of the molecule is CCCCN1CC2=CC=CC=CC2(C#N)C1=O. The molecule has 2 aliphatic rings. The summed E-state index contributed by atoms with van der Waals surface area (Å²) < 4.78 is 0. The minimum atomic E-state index is -1.04. The lowest BCUT2D eigenvalue weighted by Crippen LogP contribution is -2.33. The predicted octanol–water partition coefficient (Wildman–Crippen LogP) is 2.19. The smallest absolute Gasteiger partial charge is 0.251 e. The highest BCUT2D eigenvalue weighted by atomic mass is 16.2. The van der Waals surface area contributed by atoms with Crippen molar-refractivity contribution in [1.82, 2.24) is 4.90 Å². The molecule has 1 fully saturated rings. The molecule has 3 heteroatoms. The predicted molar refractivity (Wildman–Crippen MR) is 65.9 cm³/mol. The molecule has 3 nitrogen and oxygen atoms in total. The van der Waals surface area contributed by atoms with Crippen LogP contribution in [0.4, 0.5) is 0 Å². The average Bonchev–Trinajstić information content (AvgIpc) is 2.52. The van der Waals surface area contributed by atoms with Gasteiger partial charge in [0.2, 0.25) is 0 Å². The molecule has 0 saturated carbocycles. The number of likely N-dealkylation sites (tertiary alicyclic amines) is 1. The fraction of sp³-hybridized carbons (Fsp3) is 0.429. The highest BCUT2D eigenvalue weighted by Gasteiger charge is 2.48. The number of hydrogen-bond donors (Lipinski definition) is 0. The Kier molecular flexibility index (Phi) is 3.14. The van der Waals surface area contributed by atoms with Gasteiger partial charge in [0, 0.05) is 13.1 Å². The summed E-state index contributed by atoms with van der Waals surface area (Å²) in [5.74, 6) is -0.0698. The number of fused-ring (bicyclic) bond motifs is 1. The lowest BCUT2D eigenvalue weighted by atomic mass is 9.83. The van der Waals surface area contributed by atoms with Crippen LogP contribution in [-0.2, 0) is 4.79 Å². The van der Waals surface area contributed by atoms with Gasteiger partial charge >= 0.3 is 0 Å². The van der Waals surface area contributed by atoms with Crippen molar-refractivity contribution in [3.8, 4) is 6.07 Å². The maximum Gasteiger partial charge on any atom is 0.251 e. The van der Waals surface area contributed by atoms with Crippen molar-refractivity contribution < 1.29 is 4.79 Å². The minimum absolute atomic E-state index is 0.0698. The third kappa shape index (κ3) is 1.80. The van der Waals surface area contributed by atoms with Gasteiger partial charge in [-0.1, -0.05) is 43.7 Å². The Labute approximate surface area is 102 Å². The van der Waals surface area contributed by atoms with Gasteiger partial charge in [0.15, 0.2) is 5.41 Å². The highest BCUT2D eigenvalue weighted by Crippen LogP contribution is 2.39. The molecule has 0 spiro atoms. The summed E-state index contributed by atoms with van der Waals surface area (Å²) in [7, 11) is 0. The minimum Gasteiger partial charge on any atom is -0.337 e. The van der Waals surface area contributed by atoms with Gasteiger partial charge < -0.3 is 4.90 Å². The van der Waals surface area contributed by atoms with Crippen molar-refractivity contribution in [2.75, 3.05) is 13.1 Å². The molecule has 0 aromatic rings. The number of carbonyl (C=O) groups excluding carboxylic acids is 1. The Morgan fingerprint density at radius 3 is 3.00 bits per heavy atom. The number of allylic oxidation sites excluding steroid dienone is 4. The number of nitriles is 1. The number of carbonyl (C=O) groups is 1. The Hall–Kier alpha value is -1.82. The first-order chi connectivity index (χ1) is 8.24. The molecular weight excluding hydrogens is 212 g/mol. The Morgan fingerprint density at radius 1 is 1.47 bits per heavy atom. The van der Waals surface area contributed by atoms with Crippen LogP contribution in [0.1, 0.15) is 19.8 Å². The molecule has 1 aliphatic heterocycles. The summed E-state index contributed by atoms with van der Waals surface area (Å²) >= 11 is 0. The number of rotatable bonds is 3. The topological polar surface area (TPSA) is 44.1 Å². The van der Waals surface area contributed by atoms with Crippen LogP contribution in [0, 0.1) is 16.7 Å². The zero-order valence-corrected chi connectivity index (χ0v) is 10.0. The summed E-state index contributed by atoms with van der Waals surface area (Å²) in [6.45, 7) is 3.43. The first kappa shape index (κ1) is 11.7. The van der Waals surface area contributed by atoms with Crippen molar-refractivity contribution in [2.24, 2.45) is 5.41 Å². The fourth-order valence-corrected chi connectivity index (χ4v) is 2.27. The third-order valence-electron chi connectivity index (χ3n) is 3.32. The van der Waals surface area contributed by atoms with Crippen LogP contribution in [0.5, 0.6) is 0 Å². The average molecular weight is 228 g/mol. The van der Waals surface area contributed by atoms with E-state index in [0.29, 0.717) is 6.54 Å². The van der Waals surface area contributed by atoms with E-state index in [2.05, 4.69) is 13.0 Å². The van der Waals surface area contributed by atoms with Gasteiger partial charge in [0.25, 0.3) is 5.91 Å². The van der Waals surface area contributed by atoms with E-state index < -0.39 is 5.41 Å². The second-order valence-corrected chi connectivity index (χ2v) is 4.44. The molecule has 88 valence electrons. The zero-order valence-electron chi connectivity index (χ0n) is 10.0. The lowest BCUT2D eigenvalue weighted by molar-refractivity contribution is -0.131. The number of amides is 1. The molecule has 1 saturated heterocycles. The molecule has 1 unspecified atom stereocenters. The molecule has 0 radical (unpaired) electrons. The standard InChI is InChI=1S/C14H16N2O/c1-2-3-9-16-10-12-7-5-4-6-8-14(12,11-15)13(16)17/h4-8H,2-3,9-10H2,1H3. The molecule has 0 aromatic carbocycles. The molecule has 1 heterocycles. The summed E-state index contributed by atoms with van der Waals surface area (Å²) in [6.07, 6.45) is 11.2. The van der Waals surface area contributed by atoms with Gasteiger partial charge in [-0.3, -0.25) is 4.79 Å². The van der Waals surface area contributed by atoms with Crippen LogP contribution in [0.3, 0.4) is 0 Å². The fourth-order valence-electron chi connectivity index (χ4n) is 2.27. The quantitative estimate of drug-likeness (QED) is 0.743. The molecule has 0 aromatic heterocycles. The first-order valence-corrected chi connectivity index (χ1v) is 6.01. The number of unbranched alkanes of at least 4 members (excludes halogenated alkanes) is 1. The molecule has 1 amide bonds. The van der Waals surface area contributed by atoms with E-state index in [0.717, 1.165) is 25.0 Å². The van der Waals surface area contributed by atoms with Crippen molar-refractivity contribution in [3.63, 3.8) is 0 Å². The molecule has 1 aliphatic carbocycles. The molecule has 1 atom stereocenters. The maximum atomic E-state index is 12.3. The van der Waals surface area contributed by atoms with E-state index in [4.69, 9.17) is 0 Å². The van der Waals surface area contributed by atoms with Gasteiger partial charge in [0.1, 0.15) is 0 Å². The zero-order chi connectivity index (χ0) is 12.3. The Balaban J connectivity index is 2.32. The second kappa shape index (κ2) is 4.58. The van der Waals surface area contributed by atoms with Gasteiger partial charge in [-0.05, 0) is 12.0 Å². The van der Waals surface area contributed by atoms with Crippen LogP contribution >= 0.6 is 0 Å². The monoisotopic (exact) mass is 228 g/mol. The summed E-state index contributed by atoms with van der Waals surface area (Å²) in [5, 5.41) is 9.37. The highest BCUT2D eigenvalue weighted by molar-refractivity contribution is 5.95. The molecule has 0 N–H and O–H groups in total. The first-order valence-electron chi connectivity index (χ1n) is 6.01. The number of hydrogen-bond acceptors (Lipinski definition) is 2. The summed E-state index contributed by atoms with van der Waals surface area (Å²) in [6, 6.07) is 2.19. The number of nitrogens with zero attached hydrogens (tertiary/aromatic N) is 2. The van der Waals surface area contributed by atoms with Crippen molar-refractivity contribution >= 4 is 5.91 Å². The van der Waals surface area contributed by atoms with E-state index in [-0.39, 0.29) is 5.91 Å². The van der Waals surface area contributed by atoms with E-state index >= 15 is 0 Å². The summed E-state index contributed by atoms with van der Waals surface area (Å²) in [5.41, 5.74) is -0.150. The van der Waals surface area contributed by atoms with E-state index in [1.54, 1.807) is 17.1 Å². The largest absolute Gasteiger partial charge is 0.337 e. The van der Waals surface area contributed by atoms with Crippen LogP contribution < -0.4 is 0 Å². The lowest BCUT2D eigenvalue weighted by Gasteiger charge is -2.17. The van der Waals surface area contributed by atoms with Gasteiger partial charge in [-0.2, -0.15) is 5.26 Å². The van der Waals surface area contributed by atoms with Gasteiger partial charge in [-0.25, -0.2) is 0 Å². The van der Waals surface area contributed by atoms with Crippen LogP contribution in [0.15, 0.2) is 36.0 Å². The van der Waals surface area contributed by atoms with E-state index in [1.165, 1.54) is 0 Å². The summed E-state index contributed by atoms with van der Waals surface area (Å²) in [4.78, 5) is 14.1. The van der Waals surface area contributed by atoms with Crippen molar-refractivity contribution in [3.05, 3.63) is 36.0 Å². The third-order valence-corrected chi connectivity index (χ3v) is 3.32. The van der Waals surface area contributed by atoms with Gasteiger partial charge in [0.05, 0.1) is 6.07 Å².